The number of nitrogens with one attached hydrogen (secondary N) is 1. The van der Waals surface area contributed by atoms with E-state index in [0.717, 1.165) is 33.9 Å². The van der Waals surface area contributed by atoms with Gasteiger partial charge in [0.2, 0.25) is 0 Å². The number of nitrogens with zero attached hydrogens (tertiary/aromatic N) is 4. The van der Waals surface area contributed by atoms with Crippen LogP contribution in [0.2, 0.25) is 0 Å². The number of fused-ring (bicyclic) bond motifs is 1. The van der Waals surface area contributed by atoms with E-state index in [2.05, 4.69) is 26.7 Å². The highest BCUT2D eigenvalue weighted by molar-refractivity contribution is 5.88. The number of hydrogen-bond donors (Lipinski definition) is 2. The molecule has 0 saturated heterocycles. The normalized spacial score (nSPS) is 13.2. The van der Waals surface area contributed by atoms with Crippen molar-refractivity contribution in [2.45, 2.75) is 6.61 Å². The summed E-state index contributed by atoms with van der Waals surface area (Å²) in [6.07, 6.45) is 5.77. The highest BCUT2D eigenvalue weighted by Gasteiger charge is 2.14. The quantitative estimate of drug-likeness (QED) is 0.775. The fourth-order valence-electron chi connectivity index (χ4n) is 2.56. The minimum Gasteiger partial charge on any atom is -0.392 e. The summed E-state index contributed by atoms with van der Waals surface area (Å²) >= 11 is 0. The number of benzene rings is 1. The molecule has 0 amide bonds. The van der Waals surface area contributed by atoms with Gasteiger partial charge in [0.25, 0.3) is 0 Å². The van der Waals surface area contributed by atoms with E-state index in [1.165, 1.54) is 0 Å². The number of hydrogen-bond acceptors (Lipinski definition) is 5. The van der Waals surface area contributed by atoms with Crippen LogP contribution in [0, 0.1) is 0 Å². The molecule has 0 bridgehead atoms. The lowest BCUT2D eigenvalue weighted by Crippen LogP contribution is -2.11. The van der Waals surface area contributed by atoms with Crippen LogP contribution in [-0.4, -0.2) is 31.6 Å². The van der Waals surface area contributed by atoms with E-state index >= 15 is 0 Å². The molecule has 0 unspecified atom stereocenters. The van der Waals surface area contributed by atoms with Crippen LogP contribution < -0.4 is 5.32 Å². The fraction of sp³-hybridized carbons (Fsp3) is 0.118. The first-order chi connectivity index (χ1) is 11.3. The van der Waals surface area contributed by atoms with Gasteiger partial charge in [-0.2, -0.15) is 0 Å². The molecule has 0 fully saturated rings. The van der Waals surface area contributed by atoms with Gasteiger partial charge in [-0.25, -0.2) is 9.67 Å². The second-order valence-electron chi connectivity index (χ2n) is 5.34. The van der Waals surface area contributed by atoms with Crippen LogP contribution in [0.3, 0.4) is 0 Å². The lowest BCUT2D eigenvalue weighted by atomic mass is 10.1. The summed E-state index contributed by atoms with van der Waals surface area (Å²) in [5.41, 5.74) is 4.74. The van der Waals surface area contributed by atoms with Gasteiger partial charge in [0.05, 0.1) is 18.5 Å². The summed E-state index contributed by atoms with van der Waals surface area (Å²) < 4.78 is 1.73. The predicted octanol–water partition coefficient (Wildman–Crippen LogP) is 2.12. The Morgan fingerprint density at radius 2 is 2.04 bits per heavy atom. The van der Waals surface area contributed by atoms with Gasteiger partial charge in [-0.15, -0.1) is 5.10 Å². The standard InChI is InChI=1S/C17H15N5O/c23-11-12-3-5-15(6-4-12)22-10-16(20-21-22)14-8-13-2-1-7-18-17(13)19-9-14/h1-8,10,23H,9,11H2,(H,18,19). The molecule has 114 valence electrons. The van der Waals surface area contributed by atoms with E-state index in [0.29, 0.717) is 6.54 Å². The van der Waals surface area contributed by atoms with Crippen molar-refractivity contribution in [2.24, 2.45) is 0 Å². The molecule has 2 aromatic heterocycles. The summed E-state index contributed by atoms with van der Waals surface area (Å²) in [6, 6.07) is 11.5. The summed E-state index contributed by atoms with van der Waals surface area (Å²) in [5, 5.41) is 20.8. The van der Waals surface area contributed by atoms with E-state index in [-0.39, 0.29) is 6.61 Å². The van der Waals surface area contributed by atoms with Gasteiger partial charge in [-0.1, -0.05) is 17.3 Å². The van der Waals surface area contributed by atoms with Crippen molar-refractivity contribution < 1.29 is 5.11 Å². The Balaban J connectivity index is 1.64. The highest BCUT2D eigenvalue weighted by atomic mass is 16.3. The van der Waals surface area contributed by atoms with Gasteiger partial charge >= 0.3 is 0 Å². The maximum Gasteiger partial charge on any atom is 0.133 e. The third-order valence-corrected chi connectivity index (χ3v) is 3.82. The monoisotopic (exact) mass is 305 g/mol. The first kappa shape index (κ1) is 13.7. The van der Waals surface area contributed by atoms with Gasteiger partial charge in [0.1, 0.15) is 11.5 Å². The zero-order chi connectivity index (χ0) is 15.6. The van der Waals surface area contributed by atoms with E-state index < -0.39 is 0 Å². The first-order valence-electron chi connectivity index (χ1n) is 7.36. The molecule has 3 aromatic rings. The van der Waals surface area contributed by atoms with Crippen LogP contribution in [0.1, 0.15) is 16.8 Å². The zero-order valence-corrected chi connectivity index (χ0v) is 12.3. The van der Waals surface area contributed by atoms with E-state index in [4.69, 9.17) is 5.11 Å². The molecule has 3 heterocycles. The second-order valence-corrected chi connectivity index (χ2v) is 5.34. The largest absolute Gasteiger partial charge is 0.392 e. The van der Waals surface area contributed by atoms with E-state index in [1.54, 1.807) is 10.9 Å². The number of anilines is 1. The average Bonchev–Trinajstić information content (AvgIpc) is 3.11. The molecule has 4 rings (SSSR count). The van der Waals surface area contributed by atoms with Crippen LogP contribution in [-0.2, 0) is 6.61 Å². The lowest BCUT2D eigenvalue weighted by Gasteiger charge is -2.15. The van der Waals surface area contributed by atoms with Crippen LogP contribution >= 0.6 is 0 Å². The Hall–Kier alpha value is -2.99. The molecule has 0 radical (unpaired) electrons. The Morgan fingerprint density at radius 1 is 1.17 bits per heavy atom. The highest BCUT2D eigenvalue weighted by Crippen LogP contribution is 2.25. The van der Waals surface area contributed by atoms with E-state index in [1.807, 2.05) is 42.6 Å². The van der Waals surface area contributed by atoms with Crippen LogP contribution in [0.4, 0.5) is 5.82 Å². The molecule has 2 N–H and O–H groups in total. The molecule has 0 saturated carbocycles. The Labute approximate surface area is 133 Å². The fourth-order valence-corrected chi connectivity index (χ4v) is 2.56. The van der Waals surface area contributed by atoms with Crippen molar-refractivity contribution in [3.63, 3.8) is 0 Å². The molecule has 23 heavy (non-hydrogen) atoms. The first-order valence-corrected chi connectivity index (χ1v) is 7.36. The molecule has 1 aliphatic rings. The van der Waals surface area contributed by atoms with Gasteiger partial charge < -0.3 is 10.4 Å². The summed E-state index contributed by atoms with van der Waals surface area (Å²) in [4.78, 5) is 4.30. The second kappa shape index (κ2) is 5.66. The maximum atomic E-state index is 9.10. The maximum absolute atomic E-state index is 9.10. The summed E-state index contributed by atoms with van der Waals surface area (Å²) in [5.74, 6) is 0.892. The molecule has 0 aliphatic carbocycles. The molecule has 1 aliphatic heterocycles. The third kappa shape index (κ3) is 2.60. The Morgan fingerprint density at radius 3 is 2.87 bits per heavy atom. The summed E-state index contributed by atoms with van der Waals surface area (Å²) in [6.45, 7) is 0.709. The molecular formula is C17H15N5O. The topological polar surface area (TPSA) is 75.9 Å². The summed E-state index contributed by atoms with van der Waals surface area (Å²) in [7, 11) is 0. The predicted molar refractivity (Wildman–Crippen MR) is 87.9 cm³/mol. The van der Waals surface area contributed by atoms with Gasteiger partial charge in [-0.05, 0) is 35.9 Å². The molecule has 6 heteroatoms. The van der Waals surface area contributed by atoms with Crippen molar-refractivity contribution in [3.05, 3.63) is 65.6 Å². The van der Waals surface area contributed by atoms with Crippen molar-refractivity contribution in [1.82, 2.24) is 20.0 Å². The lowest BCUT2D eigenvalue weighted by molar-refractivity contribution is 0.282. The molecule has 0 spiro atoms. The number of aromatic nitrogens is 4. The van der Waals surface area contributed by atoms with Gasteiger partial charge in [-0.3, -0.25) is 0 Å². The average molecular weight is 305 g/mol. The van der Waals surface area contributed by atoms with Crippen molar-refractivity contribution in [1.29, 1.82) is 0 Å². The number of rotatable bonds is 3. The van der Waals surface area contributed by atoms with Crippen LogP contribution in [0.15, 0.2) is 48.8 Å². The minimum absolute atomic E-state index is 0.0366. The van der Waals surface area contributed by atoms with Gasteiger partial charge in [0, 0.05) is 23.9 Å². The zero-order valence-electron chi connectivity index (χ0n) is 12.3. The van der Waals surface area contributed by atoms with E-state index in [9.17, 15) is 0 Å². The molecule has 6 nitrogen and oxygen atoms in total. The number of aliphatic hydroxyl groups is 1. The third-order valence-electron chi connectivity index (χ3n) is 3.82. The van der Waals surface area contributed by atoms with Crippen LogP contribution in [0.25, 0.3) is 17.3 Å². The molecule has 1 aromatic carbocycles. The Kier molecular flexibility index (Phi) is 3.36. The number of aliphatic hydroxyl groups excluding tert-OH is 1. The SMILES string of the molecule is OCc1ccc(-n2cc(C3=Cc4cccnc4NC3)nn2)cc1. The smallest absolute Gasteiger partial charge is 0.133 e. The van der Waals surface area contributed by atoms with Crippen molar-refractivity contribution >= 4 is 17.5 Å². The Bertz CT molecular complexity index is 867. The van der Waals surface area contributed by atoms with Crippen LogP contribution in [0.5, 0.6) is 0 Å². The minimum atomic E-state index is 0.0366. The van der Waals surface area contributed by atoms with Crippen molar-refractivity contribution in [3.8, 4) is 5.69 Å². The molecule has 0 atom stereocenters. The number of pyridine rings is 1. The van der Waals surface area contributed by atoms with Gasteiger partial charge in [0.15, 0.2) is 0 Å². The van der Waals surface area contributed by atoms with Crippen molar-refractivity contribution in [2.75, 3.05) is 11.9 Å². The molecular weight excluding hydrogens is 290 g/mol.